The molecule has 0 aromatic heterocycles. The first-order chi connectivity index (χ1) is 22.6. The molecule has 4 aliphatic rings. The molecule has 2 aliphatic carbocycles. The summed E-state index contributed by atoms with van der Waals surface area (Å²) in [5, 5.41) is 2.84. The highest BCUT2D eigenvalue weighted by atomic mass is 31.2. The zero-order valence-electron chi connectivity index (χ0n) is 25.5. The van der Waals surface area contributed by atoms with Gasteiger partial charge in [0.1, 0.15) is 0 Å². The molecule has 3 unspecified atom stereocenters. The largest absolute Gasteiger partial charge is 0.369 e. The van der Waals surface area contributed by atoms with Crippen molar-refractivity contribution < 1.29 is 4.57 Å². The Morgan fingerprint density at radius 2 is 1.59 bits per heavy atom. The summed E-state index contributed by atoms with van der Waals surface area (Å²) >= 11 is 0. The second-order valence-corrected chi connectivity index (χ2v) is 14.8. The van der Waals surface area contributed by atoms with Crippen molar-refractivity contribution in [2.45, 2.75) is 24.8 Å². The summed E-state index contributed by atoms with van der Waals surface area (Å²) in [6.07, 6.45) is 20.3. The molecular formula is C41H34N3OP. The lowest BCUT2D eigenvalue weighted by Crippen LogP contribution is -2.46. The first-order valence-electron chi connectivity index (χ1n) is 15.8. The van der Waals surface area contributed by atoms with Crippen LogP contribution in [0.25, 0.3) is 28.0 Å². The van der Waals surface area contributed by atoms with Crippen molar-refractivity contribution in [2.75, 3.05) is 4.90 Å². The Morgan fingerprint density at radius 1 is 0.848 bits per heavy atom. The Labute approximate surface area is 270 Å². The number of nitrogens with zero attached hydrogens (tertiary/aromatic N) is 2. The number of para-hydroxylation sites is 1. The lowest BCUT2D eigenvalue weighted by molar-refractivity contribution is 0.590. The number of anilines is 1. The Kier molecular flexibility index (Phi) is 6.96. The minimum Gasteiger partial charge on any atom is -0.369 e. The molecule has 0 fully saturated rings. The van der Waals surface area contributed by atoms with Crippen molar-refractivity contribution in [3.63, 3.8) is 0 Å². The molecule has 0 radical (unpaired) electrons. The summed E-state index contributed by atoms with van der Waals surface area (Å²) in [6, 6.07) is 31.3. The molecule has 8 rings (SSSR count). The van der Waals surface area contributed by atoms with Gasteiger partial charge in [-0.3, -0.25) is 0 Å². The van der Waals surface area contributed by atoms with Crippen LogP contribution in [0.15, 0.2) is 163 Å². The Balaban J connectivity index is 1.26. The topological polar surface area (TPSA) is 58.7 Å². The van der Waals surface area contributed by atoms with Gasteiger partial charge in [0.25, 0.3) is 0 Å². The van der Waals surface area contributed by atoms with Crippen molar-refractivity contribution in [3.05, 3.63) is 169 Å². The van der Waals surface area contributed by atoms with Gasteiger partial charge in [-0.1, -0.05) is 128 Å². The molecule has 5 heteroatoms. The number of hydrogen-bond donors (Lipinski definition) is 1. The van der Waals surface area contributed by atoms with Gasteiger partial charge < -0.3 is 15.2 Å². The van der Waals surface area contributed by atoms with Crippen LogP contribution in [-0.4, -0.2) is 12.0 Å². The van der Waals surface area contributed by atoms with E-state index in [2.05, 4.69) is 109 Å². The minimum atomic E-state index is -2.94. The fraction of sp³-hybridized carbons (Fsp3) is 0.0976. The first kappa shape index (κ1) is 28.3. The van der Waals surface area contributed by atoms with Crippen LogP contribution >= 0.6 is 7.14 Å². The van der Waals surface area contributed by atoms with Crippen LogP contribution in [0.4, 0.5) is 5.69 Å². The van der Waals surface area contributed by atoms with Crippen molar-refractivity contribution >= 4 is 35.1 Å². The second kappa shape index (κ2) is 11.3. The number of hydrogen-bond acceptors (Lipinski definition) is 2. The fourth-order valence-corrected chi connectivity index (χ4v) is 10.7. The quantitative estimate of drug-likeness (QED) is 0.108. The maximum Gasteiger partial charge on any atom is 0.201 e. The van der Waals surface area contributed by atoms with Gasteiger partial charge in [-0.25, -0.2) is 4.99 Å². The summed E-state index contributed by atoms with van der Waals surface area (Å²) in [4.78, 5) is 7.29. The summed E-state index contributed by atoms with van der Waals surface area (Å²) in [6.45, 7) is 4.00. The van der Waals surface area contributed by atoms with Gasteiger partial charge in [0.05, 0.1) is 17.4 Å². The Hall–Kier alpha value is -5.18. The average Bonchev–Trinajstić information content (AvgIpc) is 3.29. The van der Waals surface area contributed by atoms with Crippen LogP contribution in [0.2, 0.25) is 0 Å². The van der Waals surface area contributed by atoms with Gasteiger partial charge in [-0.2, -0.15) is 0 Å². The predicted octanol–water partition coefficient (Wildman–Crippen LogP) is 8.82. The van der Waals surface area contributed by atoms with E-state index in [0.29, 0.717) is 11.7 Å². The number of aliphatic imine (C=N–C) groups is 1. The van der Waals surface area contributed by atoms with Crippen LogP contribution in [0.5, 0.6) is 0 Å². The van der Waals surface area contributed by atoms with Crippen LogP contribution in [-0.2, 0) is 4.57 Å². The van der Waals surface area contributed by atoms with Gasteiger partial charge in [-0.05, 0) is 64.7 Å². The average molecular weight is 616 g/mol. The Bertz CT molecular complexity index is 2150. The molecule has 2 heterocycles. The Morgan fingerprint density at radius 3 is 2.41 bits per heavy atom. The molecule has 46 heavy (non-hydrogen) atoms. The maximum absolute atomic E-state index is 15.0. The molecule has 0 saturated carbocycles. The van der Waals surface area contributed by atoms with Gasteiger partial charge in [0, 0.05) is 27.7 Å². The molecule has 4 aromatic carbocycles. The molecule has 3 atom stereocenters. The lowest BCUT2D eigenvalue weighted by atomic mass is 9.85. The van der Waals surface area contributed by atoms with Gasteiger partial charge in [-0.15, -0.1) is 0 Å². The van der Waals surface area contributed by atoms with E-state index in [1.54, 1.807) is 6.08 Å². The van der Waals surface area contributed by atoms with Crippen molar-refractivity contribution in [2.24, 2.45) is 10.7 Å². The molecule has 224 valence electrons. The maximum atomic E-state index is 15.0. The summed E-state index contributed by atoms with van der Waals surface area (Å²) in [5.41, 5.74) is 15.3. The van der Waals surface area contributed by atoms with Gasteiger partial charge in [0.15, 0.2) is 7.14 Å². The summed E-state index contributed by atoms with van der Waals surface area (Å²) in [7, 11) is -2.94. The standard InChI is InChI=1S/C41H34N3OP/c1-2-14-36(28-25-26-40-35(27-28)34-21-10-13-24-39(34)46(40,45)29-15-4-3-5-16-29)43-41(42)44-37-22-11-8-19-32(37)30-17-6-7-18-31(30)33-20-9-12-23-38(33)44/h2-4,6-15,17-27,32,37H,1,5,16H2,(H2,42,43)/b36-14-. The second-order valence-electron chi connectivity index (χ2n) is 12.0. The monoisotopic (exact) mass is 615 g/mol. The van der Waals surface area contributed by atoms with E-state index >= 15 is 0 Å². The fourth-order valence-electron chi connectivity index (χ4n) is 7.45. The third kappa shape index (κ3) is 4.36. The molecular weight excluding hydrogens is 581 g/mol. The highest BCUT2D eigenvalue weighted by Gasteiger charge is 2.41. The number of guanidine groups is 1. The van der Waals surface area contributed by atoms with E-state index in [9.17, 15) is 4.57 Å². The third-order valence-corrected chi connectivity index (χ3v) is 12.8. The number of benzene rings is 4. The number of nitrogens with two attached hydrogens (primary N) is 1. The number of rotatable bonds is 4. The van der Waals surface area contributed by atoms with E-state index in [1.807, 2.05) is 42.5 Å². The van der Waals surface area contributed by atoms with Crippen molar-refractivity contribution in [3.8, 4) is 22.3 Å². The highest BCUT2D eigenvalue weighted by Crippen LogP contribution is 2.61. The minimum absolute atomic E-state index is 0.0564. The van der Waals surface area contributed by atoms with Crippen molar-refractivity contribution in [1.29, 1.82) is 0 Å². The lowest BCUT2D eigenvalue weighted by Gasteiger charge is -2.35. The molecule has 0 amide bonds. The van der Waals surface area contributed by atoms with Crippen LogP contribution < -0.4 is 21.2 Å². The van der Waals surface area contributed by atoms with E-state index in [1.165, 1.54) is 11.1 Å². The molecule has 2 aliphatic heterocycles. The predicted molar refractivity (Wildman–Crippen MR) is 194 cm³/mol. The molecule has 0 spiro atoms. The smallest absolute Gasteiger partial charge is 0.201 e. The van der Waals surface area contributed by atoms with Crippen LogP contribution in [0.1, 0.15) is 29.9 Å². The summed E-state index contributed by atoms with van der Waals surface area (Å²) in [5.74, 6) is 0.498. The SMILES string of the molecule is C=C/C=C(\N=C(N)N1c2ccccc2-c2ccccc2C2C=CC=CC21)c1ccc2c(c1)-c1ccccc1P2(=O)C1=CC=CCC1. The number of fused-ring (bicyclic) bond motifs is 8. The zero-order valence-corrected chi connectivity index (χ0v) is 26.4. The van der Waals surface area contributed by atoms with Gasteiger partial charge >= 0.3 is 0 Å². The van der Waals surface area contributed by atoms with Gasteiger partial charge in [0.2, 0.25) is 5.96 Å². The van der Waals surface area contributed by atoms with Crippen LogP contribution in [0, 0.1) is 0 Å². The molecule has 2 N–H and O–H groups in total. The van der Waals surface area contributed by atoms with E-state index in [-0.39, 0.29) is 12.0 Å². The normalized spacial score (nSPS) is 22.6. The zero-order chi connectivity index (χ0) is 31.3. The molecule has 0 saturated heterocycles. The van der Waals surface area contributed by atoms with Crippen LogP contribution in [0.3, 0.4) is 0 Å². The third-order valence-electron chi connectivity index (χ3n) is 9.50. The first-order valence-corrected chi connectivity index (χ1v) is 17.5. The van der Waals surface area contributed by atoms with E-state index in [0.717, 1.165) is 56.7 Å². The summed E-state index contributed by atoms with van der Waals surface area (Å²) < 4.78 is 15.0. The highest BCUT2D eigenvalue weighted by molar-refractivity contribution is 7.83. The van der Waals surface area contributed by atoms with Crippen molar-refractivity contribution in [1.82, 2.24) is 0 Å². The molecule has 4 nitrogen and oxygen atoms in total. The van der Waals surface area contributed by atoms with E-state index < -0.39 is 7.14 Å². The van der Waals surface area contributed by atoms with E-state index in [4.69, 9.17) is 10.7 Å². The number of allylic oxidation sites excluding steroid dienone is 8. The molecule has 0 bridgehead atoms. The molecule has 4 aromatic rings.